The second kappa shape index (κ2) is 5.53. The summed E-state index contributed by atoms with van der Waals surface area (Å²) in [7, 11) is 0. The van der Waals surface area contributed by atoms with Crippen molar-refractivity contribution in [3.63, 3.8) is 0 Å². The van der Waals surface area contributed by atoms with Gasteiger partial charge in [0.2, 0.25) is 0 Å². The lowest BCUT2D eigenvalue weighted by Gasteiger charge is -2.08. The second-order valence-corrected chi connectivity index (χ2v) is 5.54. The van der Waals surface area contributed by atoms with Crippen LogP contribution in [0.4, 0.5) is 5.69 Å². The zero-order valence-electron chi connectivity index (χ0n) is 12.8. The third kappa shape index (κ3) is 2.42. The van der Waals surface area contributed by atoms with Crippen LogP contribution in [-0.2, 0) is 6.54 Å². The van der Waals surface area contributed by atoms with E-state index >= 15 is 0 Å². The van der Waals surface area contributed by atoms with Crippen LogP contribution in [0.2, 0.25) is 0 Å². The summed E-state index contributed by atoms with van der Waals surface area (Å²) in [5.41, 5.74) is 12.0. The quantitative estimate of drug-likeness (QED) is 0.746. The number of nitriles is 1. The van der Waals surface area contributed by atoms with Crippen molar-refractivity contribution in [2.75, 3.05) is 5.73 Å². The van der Waals surface area contributed by atoms with Crippen LogP contribution in [0, 0.1) is 25.2 Å². The molecule has 0 radical (unpaired) electrons. The van der Waals surface area contributed by atoms with Gasteiger partial charge in [0, 0.05) is 17.8 Å². The molecule has 0 fully saturated rings. The van der Waals surface area contributed by atoms with Crippen molar-refractivity contribution in [2.45, 2.75) is 26.8 Å². The van der Waals surface area contributed by atoms with Gasteiger partial charge in [0.25, 0.3) is 0 Å². The van der Waals surface area contributed by atoms with E-state index in [1.165, 1.54) is 11.1 Å². The van der Waals surface area contributed by atoms with E-state index in [9.17, 15) is 0 Å². The maximum atomic E-state index is 8.93. The third-order valence-corrected chi connectivity index (χ3v) is 3.98. The molecule has 0 amide bonds. The molecular formula is C18H18N4. The molecule has 0 aliphatic rings. The first-order chi connectivity index (χ1) is 10.6. The van der Waals surface area contributed by atoms with Crippen LogP contribution in [0.3, 0.4) is 0 Å². The number of fused-ring (bicyclic) bond motifs is 1. The Balaban J connectivity index is 2.23. The van der Waals surface area contributed by atoms with Gasteiger partial charge in [-0.2, -0.15) is 5.26 Å². The fourth-order valence-corrected chi connectivity index (χ4v) is 2.62. The standard InChI is InChI=1S/C18H18N4/c1-12-10-16-17(11-13(12)2)22(9-3-8-19)18(21-16)14-4-6-15(20)7-5-14/h4-7,10-11H,3,9,20H2,1-2H3. The maximum Gasteiger partial charge on any atom is 0.141 e. The largest absolute Gasteiger partial charge is 0.399 e. The van der Waals surface area contributed by atoms with Gasteiger partial charge in [-0.3, -0.25) is 0 Å². The number of imidazole rings is 1. The van der Waals surface area contributed by atoms with Crippen molar-refractivity contribution in [2.24, 2.45) is 0 Å². The zero-order valence-corrected chi connectivity index (χ0v) is 12.8. The lowest BCUT2D eigenvalue weighted by atomic mass is 10.1. The van der Waals surface area contributed by atoms with E-state index < -0.39 is 0 Å². The van der Waals surface area contributed by atoms with Gasteiger partial charge >= 0.3 is 0 Å². The highest BCUT2D eigenvalue weighted by molar-refractivity contribution is 5.82. The van der Waals surface area contributed by atoms with E-state index in [0.29, 0.717) is 13.0 Å². The molecule has 3 aromatic rings. The van der Waals surface area contributed by atoms with Gasteiger partial charge in [0.15, 0.2) is 0 Å². The molecule has 2 N–H and O–H groups in total. The molecule has 0 unspecified atom stereocenters. The Hall–Kier alpha value is -2.80. The number of benzene rings is 2. The van der Waals surface area contributed by atoms with Gasteiger partial charge in [-0.1, -0.05) is 0 Å². The second-order valence-electron chi connectivity index (χ2n) is 5.54. The molecule has 0 saturated carbocycles. The number of aromatic nitrogens is 2. The van der Waals surface area contributed by atoms with Crippen LogP contribution >= 0.6 is 0 Å². The van der Waals surface area contributed by atoms with Crippen molar-refractivity contribution in [1.82, 2.24) is 9.55 Å². The highest BCUT2D eigenvalue weighted by Crippen LogP contribution is 2.27. The molecule has 0 atom stereocenters. The molecule has 0 aliphatic carbocycles. The monoisotopic (exact) mass is 290 g/mol. The lowest BCUT2D eigenvalue weighted by Crippen LogP contribution is -2.00. The average Bonchev–Trinajstić information content (AvgIpc) is 2.84. The SMILES string of the molecule is Cc1cc2nc(-c3ccc(N)cc3)n(CCC#N)c2cc1C. The molecule has 110 valence electrons. The van der Waals surface area contributed by atoms with Crippen molar-refractivity contribution in [3.8, 4) is 17.5 Å². The Labute approximate surface area is 129 Å². The average molecular weight is 290 g/mol. The van der Waals surface area contributed by atoms with Gasteiger partial charge < -0.3 is 10.3 Å². The first kappa shape index (κ1) is 14.2. The Kier molecular flexibility index (Phi) is 3.56. The summed E-state index contributed by atoms with van der Waals surface area (Å²) in [5.74, 6) is 0.884. The minimum Gasteiger partial charge on any atom is -0.399 e. The molecule has 1 heterocycles. The topological polar surface area (TPSA) is 67.6 Å². The molecule has 1 aromatic heterocycles. The van der Waals surface area contributed by atoms with Crippen LogP contribution in [0.5, 0.6) is 0 Å². The number of hydrogen-bond donors (Lipinski definition) is 1. The molecule has 0 bridgehead atoms. The normalized spacial score (nSPS) is 10.8. The fraction of sp³-hybridized carbons (Fsp3) is 0.222. The molecule has 3 rings (SSSR count). The number of rotatable bonds is 3. The maximum absolute atomic E-state index is 8.93. The summed E-state index contributed by atoms with van der Waals surface area (Å²) < 4.78 is 2.12. The van der Waals surface area contributed by atoms with Crippen LogP contribution in [-0.4, -0.2) is 9.55 Å². The van der Waals surface area contributed by atoms with Crippen LogP contribution in [0.1, 0.15) is 17.5 Å². The number of nitrogen functional groups attached to an aromatic ring is 1. The van der Waals surface area contributed by atoms with Crippen molar-refractivity contribution < 1.29 is 0 Å². The molecule has 4 heteroatoms. The van der Waals surface area contributed by atoms with Crippen LogP contribution in [0.25, 0.3) is 22.4 Å². The molecule has 0 saturated heterocycles. The Morgan fingerprint density at radius 1 is 1.14 bits per heavy atom. The van der Waals surface area contributed by atoms with Crippen molar-refractivity contribution in [3.05, 3.63) is 47.5 Å². The summed E-state index contributed by atoms with van der Waals surface area (Å²) >= 11 is 0. The van der Waals surface area contributed by atoms with Crippen molar-refractivity contribution in [1.29, 1.82) is 5.26 Å². The Morgan fingerprint density at radius 3 is 2.50 bits per heavy atom. The Bertz CT molecular complexity index is 867. The molecule has 0 spiro atoms. The van der Waals surface area contributed by atoms with E-state index in [-0.39, 0.29) is 0 Å². The van der Waals surface area contributed by atoms with E-state index in [1.807, 2.05) is 24.3 Å². The lowest BCUT2D eigenvalue weighted by molar-refractivity contribution is 0.744. The van der Waals surface area contributed by atoms with E-state index in [2.05, 4.69) is 36.6 Å². The molecule has 4 nitrogen and oxygen atoms in total. The first-order valence-electron chi connectivity index (χ1n) is 7.30. The summed E-state index contributed by atoms with van der Waals surface area (Å²) in [6, 6.07) is 14.2. The van der Waals surface area contributed by atoms with Gasteiger partial charge in [-0.05, 0) is 61.4 Å². The fourth-order valence-electron chi connectivity index (χ4n) is 2.62. The minimum atomic E-state index is 0.459. The predicted octanol–water partition coefficient (Wildman–Crippen LogP) is 3.82. The van der Waals surface area contributed by atoms with Crippen molar-refractivity contribution >= 4 is 16.7 Å². The molecule has 22 heavy (non-hydrogen) atoms. The minimum absolute atomic E-state index is 0.459. The van der Waals surface area contributed by atoms with E-state index in [1.54, 1.807) is 0 Å². The summed E-state index contributed by atoms with van der Waals surface area (Å²) in [6.07, 6.45) is 0.459. The summed E-state index contributed by atoms with van der Waals surface area (Å²) in [4.78, 5) is 4.78. The molecule has 2 aromatic carbocycles. The van der Waals surface area contributed by atoms with E-state index in [0.717, 1.165) is 28.1 Å². The van der Waals surface area contributed by atoms with Crippen LogP contribution < -0.4 is 5.73 Å². The van der Waals surface area contributed by atoms with Gasteiger partial charge in [-0.25, -0.2) is 4.98 Å². The van der Waals surface area contributed by atoms with Crippen LogP contribution in [0.15, 0.2) is 36.4 Å². The number of aryl methyl sites for hydroxylation is 3. The smallest absolute Gasteiger partial charge is 0.141 e. The third-order valence-electron chi connectivity index (χ3n) is 3.98. The highest BCUT2D eigenvalue weighted by Gasteiger charge is 2.13. The number of nitrogens with two attached hydrogens (primary N) is 1. The Morgan fingerprint density at radius 2 is 1.82 bits per heavy atom. The number of nitrogens with zero attached hydrogens (tertiary/aromatic N) is 3. The van der Waals surface area contributed by atoms with E-state index in [4.69, 9.17) is 16.0 Å². The summed E-state index contributed by atoms with van der Waals surface area (Å²) in [5, 5.41) is 8.93. The molecule has 0 aliphatic heterocycles. The highest BCUT2D eigenvalue weighted by atomic mass is 15.1. The number of hydrogen-bond acceptors (Lipinski definition) is 3. The van der Waals surface area contributed by atoms with Gasteiger partial charge in [0.1, 0.15) is 5.82 Å². The number of anilines is 1. The summed E-state index contributed by atoms with van der Waals surface area (Å²) in [6.45, 7) is 4.82. The first-order valence-corrected chi connectivity index (χ1v) is 7.30. The van der Waals surface area contributed by atoms with Gasteiger partial charge in [0.05, 0.1) is 23.5 Å². The molecular weight excluding hydrogens is 272 g/mol. The zero-order chi connectivity index (χ0) is 15.7. The predicted molar refractivity (Wildman–Crippen MR) is 89.3 cm³/mol. The van der Waals surface area contributed by atoms with Gasteiger partial charge in [-0.15, -0.1) is 0 Å².